The fourth-order valence-electron chi connectivity index (χ4n) is 1.81. The van der Waals surface area contributed by atoms with Crippen LogP contribution in [0.15, 0.2) is 24.3 Å². The van der Waals surface area contributed by atoms with Gasteiger partial charge in [0, 0.05) is 19.8 Å². The van der Waals surface area contributed by atoms with Crippen molar-refractivity contribution in [2.75, 3.05) is 19.8 Å². The number of hydrogen-bond acceptors (Lipinski definition) is 3. The van der Waals surface area contributed by atoms with Crippen LogP contribution in [0.1, 0.15) is 32.3 Å². The minimum absolute atomic E-state index is 0.0627. The highest BCUT2D eigenvalue weighted by Gasteiger charge is 2.18. The molecule has 1 aromatic carbocycles. The van der Waals surface area contributed by atoms with Crippen molar-refractivity contribution >= 4 is 5.91 Å². The number of carbonyl (C=O) groups is 1. The molecular formula is C16H25NO3. The van der Waals surface area contributed by atoms with Gasteiger partial charge in [0.1, 0.15) is 5.75 Å². The Balaban J connectivity index is 2.41. The summed E-state index contributed by atoms with van der Waals surface area (Å²) in [6.45, 7) is 7.88. The van der Waals surface area contributed by atoms with E-state index in [1.807, 2.05) is 45.0 Å². The predicted molar refractivity (Wildman–Crippen MR) is 80.0 cm³/mol. The van der Waals surface area contributed by atoms with Crippen molar-refractivity contribution in [3.63, 3.8) is 0 Å². The molecule has 0 spiro atoms. The highest BCUT2D eigenvalue weighted by molar-refractivity contribution is 5.81. The maximum absolute atomic E-state index is 12.0. The fourth-order valence-corrected chi connectivity index (χ4v) is 1.81. The predicted octanol–water partition coefficient (Wildman–Crippen LogP) is 2.70. The number of para-hydroxylation sites is 1. The number of carbonyl (C=O) groups excluding carboxylic acids is 1. The Morgan fingerprint density at radius 2 is 2.05 bits per heavy atom. The van der Waals surface area contributed by atoms with Crippen LogP contribution >= 0.6 is 0 Å². The van der Waals surface area contributed by atoms with Gasteiger partial charge >= 0.3 is 0 Å². The first-order valence-corrected chi connectivity index (χ1v) is 7.26. The average molecular weight is 279 g/mol. The summed E-state index contributed by atoms with van der Waals surface area (Å²) in [6.07, 6.45) is 1.02. The van der Waals surface area contributed by atoms with Crippen LogP contribution in [0.2, 0.25) is 0 Å². The lowest BCUT2D eigenvalue weighted by atomic mass is 10.2. The molecule has 0 aliphatic heterocycles. The van der Waals surface area contributed by atoms with Crippen molar-refractivity contribution in [3.05, 3.63) is 29.8 Å². The van der Waals surface area contributed by atoms with Gasteiger partial charge in [-0.25, -0.2) is 0 Å². The normalized spacial score (nSPS) is 11.9. The van der Waals surface area contributed by atoms with E-state index in [9.17, 15) is 4.79 Å². The Morgan fingerprint density at radius 3 is 2.70 bits per heavy atom. The summed E-state index contributed by atoms with van der Waals surface area (Å²) in [5, 5.41) is 2.89. The van der Waals surface area contributed by atoms with Crippen LogP contribution in [-0.2, 0) is 9.53 Å². The molecule has 20 heavy (non-hydrogen) atoms. The average Bonchev–Trinajstić information content (AvgIpc) is 2.46. The number of amides is 1. The zero-order valence-corrected chi connectivity index (χ0v) is 12.6. The molecule has 4 heteroatoms. The van der Waals surface area contributed by atoms with Crippen LogP contribution in [0.4, 0.5) is 0 Å². The third-order valence-corrected chi connectivity index (χ3v) is 2.99. The van der Waals surface area contributed by atoms with Crippen molar-refractivity contribution < 1.29 is 14.3 Å². The highest BCUT2D eigenvalue weighted by Crippen LogP contribution is 2.18. The van der Waals surface area contributed by atoms with Gasteiger partial charge in [-0.15, -0.1) is 0 Å². The van der Waals surface area contributed by atoms with Gasteiger partial charge < -0.3 is 14.8 Å². The molecule has 1 aromatic rings. The first-order valence-electron chi connectivity index (χ1n) is 7.26. The molecule has 112 valence electrons. The van der Waals surface area contributed by atoms with Crippen LogP contribution < -0.4 is 10.1 Å². The summed E-state index contributed by atoms with van der Waals surface area (Å²) in [4.78, 5) is 12.0. The van der Waals surface area contributed by atoms with Crippen molar-refractivity contribution in [1.29, 1.82) is 0 Å². The monoisotopic (exact) mass is 279 g/mol. The van der Waals surface area contributed by atoms with Gasteiger partial charge in [0.15, 0.2) is 6.10 Å². The largest absolute Gasteiger partial charge is 0.480 e. The van der Waals surface area contributed by atoms with Crippen molar-refractivity contribution in [2.24, 2.45) is 0 Å². The third-order valence-electron chi connectivity index (χ3n) is 2.99. The van der Waals surface area contributed by atoms with E-state index in [0.29, 0.717) is 26.2 Å². The van der Waals surface area contributed by atoms with E-state index in [-0.39, 0.29) is 5.91 Å². The van der Waals surface area contributed by atoms with Gasteiger partial charge in [0.2, 0.25) is 0 Å². The molecule has 0 saturated heterocycles. The lowest BCUT2D eigenvalue weighted by Gasteiger charge is -2.18. The Kier molecular flexibility index (Phi) is 7.73. The second-order valence-electron chi connectivity index (χ2n) is 4.62. The van der Waals surface area contributed by atoms with Crippen molar-refractivity contribution in [1.82, 2.24) is 5.32 Å². The first-order chi connectivity index (χ1) is 9.69. The van der Waals surface area contributed by atoms with Gasteiger partial charge in [-0.1, -0.05) is 25.1 Å². The van der Waals surface area contributed by atoms with E-state index in [1.165, 1.54) is 0 Å². The minimum Gasteiger partial charge on any atom is -0.480 e. The number of ether oxygens (including phenoxy) is 2. The van der Waals surface area contributed by atoms with Gasteiger partial charge in [0.05, 0.1) is 0 Å². The van der Waals surface area contributed by atoms with Crippen LogP contribution in [0.25, 0.3) is 0 Å². The van der Waals surface area contributed by atoms with Crippen molar-refractivity contribution in [2.45, 2.75) is 39.7 Å². The second kappa shape index (κ2) is 9.37. The zero-order valence-electron chi connectivity index (χ0n) is 12.6. The third kappa shape index (κ3) is 5.61. The molecule has 0 unspecified atom stereocenters. The fraction of sp³-hybridized carbons (Fsp3) is 0.562. The van der Waals surface area contributed by atoms with E-state index in [2.05, 4.69) is 5.32 Å². The SMILES string of the molecule is CCOCCCNC(=O)[C@H](CC)Oc1ccccc1C. The molecule has 4 nitrogen and oxygen atoms in total. The quantitative estimate of drug-likeness (QED) is 0.707. The molecule has 1 amide bonds. The molecular weight excluding hydrogens is 254 g/mol. The van der Waals surface area contributed by atoms with Crippen LogP contribution in [0.5, 0.6) is 5.75 Å². The van der Waals surface area contributed by atoms with Gasteiger partial charge in [-0.2, -0.15) is 0 Å². The zero-order chi connectivity index (χ0) is 14.8. The maximum Gasteiger partial charge on any atom is 0.261 e. The Morgan fingerprint density at radius 1 is 1.30 bits per heavy atom. The molecule has 0 saturated carbocycles. The number of rotatable bonds is 9. The second-order valence-corrected chi connectivity index (χ2v) is 4.62. The van der Waals surface area contributed by atoms with Gasteiger partial charge in [-0.3, -0.25) is 4.79 Å². The van der Waals surface area contributed by atoms with E-state index in [4.69, 9.17) is 9.47 Å². The molecule has 0 aromatic heterocycles. The summed E-state index contributed by atoms with van der Waals surface area (Å²) in [5.41, 5.74) is 1.04. The van der Waals surface area contributed by atoms with Crippen LogP contribution in [0.3, 0.4) is 0 Å². The smallest absolute Gasteiger partial charge is 0.261 e. The molecule has 0 bridgehead atoms. The molecule has 0 aliphatic carbocycles. The summed E-state index contributed by atoms with van der Waals surface area (Å²) >= 11 is 0. The summed E-state index contributed by atoms with van der Waals surface area (Å²) in [6, 6.07) is 7.73. The Hall–Kier alpha value is -1.55. The summed E-state index contributed by atoms with van der Waals surface area (Å²) < 4.78 is 11.0. The Bertz CT molecular complexity index is 406. The molecule has 1 atom stereocenters. The topological polar surface area (TPSA) is 47.6 Å². The minimum atomic E-state index is -0.441. The highest BCUT2D eigenvalue weighted by atomic mass is 16.5. The Labute approximate surface area is 121 Å². The first kappa shape index (κ1) is 16.5. The summed E-state index contributed by atoms with van der Waals surface area (Å²) in [5.74, 6) is 0.705. The molecule has 1 N–H and O–H groups in total. The molecule has 0 radical (unpaired) electrons. The molecule has 0 aliphatic rings. The number of aryl methyl sites for hydroxylation is 1. The van der Waals surface area contributed by atoms with Crippen LogP contribution in [-0.4, -0.2) is 31.8 Å². The van der Waals surface area contributed by atoms with E-state index < -0.39 is 6.10 Å². The molecule has 0 fully saturated rings. The standard InChI is InChI=1S/C16H25NO3/c1-4-14(16(18)17-11-8-12-19-5-2)20-15-10-7-6-9-13(15)3/h6-7,9-10,14H,4-5,8,11-12H2,1-3H3,(H,17,18)/t14-/m0/s1. The summed E-state index contributed by atoms with van der Waals surface area (Å²) in [7, 11) is 0. The van der Waals surface area contributed by atoms with Crippen LogP contribution in [0, 0.1) is 6.92 Å². The molecule has 1 rings (SSSR count). The van der Waals surface area contributed by atoms with Gasteiger partial charge in [0.25, 0.3) is 5.91 Å². The van der Waals surface area contributed by atoms with E-state index >= 15 is 0 Å². The van der Waals surface area contributed by atoms with E-state index in [0.717, 1.165) is 17.7 Å². The maximum atomic E-state index is 12.0. The van der Waals surface area contributed by atoms with Gasteiger partial charge in [-0.05, 0) is 38.3 Å². The lowest BCUT2D eigenvalue weighted by molar-refractivity contribution is -0.128. The number of nitrogens with one attached hydrogen (secondary N) is 1. The number of hydrogen-bond donors (Lipinski definition) is 1. The lowest BCUT2D eigenvalue weighted by Crippen LogP contribution is -2.38. The van der Waals surface area contributed by atoms with Crippen molar-refractivity contribution in [3.8, 4) is 5.75 Å². The van der Waals surface area contributed by atoms with E-state index in [1.54, 1.807) is 0 Å². The number of benzene rings is 1. The molecule has 0 heterocycles.